The minimum Gasteiger partial charge on any atom is -0.436 e. The first-order valence-electron chi connectivity index (χ1n) is 8.84. The minimum absolute atomic E-state index is 0.146. The molecule has 0 saturated carbocycles. The second kappa shape index (κ2) is 8.03. The van der Waals surface area contributed by atoms with Gasteiger partial charge in [0.25, 0.3) is 5.91 Å². The number of nitrogens with zero attached hydrogens (tertiary/aromatic N) is 1. The largest absolute Gasteiger partial charge is 0.436 e. The lowest BCUT2D eigenvalue weighted by Gasteiger charge is -2.12. The highest BCUT2D eigenvalue weighted by Crippen LogP contribution is 2.30. The Hall–Kier alpha value is -3.22. The quantitative estimate of drug-likeness (QED) is 0.422. The van der Waals surface area contributed by atoms with Crippen LogP contribution in [0.2, 0.25) is 5.02 Å². The van der Waals surface area contributed by atoms with Crippen molar-refractivity contribution in [3.8, 4) is 11.5 Å². The number of oxazole rings is 1. The van der Waals surface area contributed by atoms with Crippen molar-refractivity contribution < 1.29 is 9.21 Å². The number of aromatic nitrogens is 1. The number of benzene rings is 3. The van der Waals surface area contributed by atoms with Crippen molar-refractivity contribution in [2.45, 2.75) is 6.92 Å². The number of para-hydroxylation sites is 2. The normalized spacial score (nSPS) is 10.7. The smallest absolute Gasteiger partial charge is 0.257 e. The lowest BCUT2D eigenvalue weighted by Crippen LogP contribution is -2.34. The predicted molar refractivity (Wildman–Crippen MR) is 119 cm³/mol. The van der Waals surface area contributed by atoms with E-state index in [1.54, 1.807) is 24.3 Å². The number of anilines is 1. The number of carbonyl (C=O) groups is 1. The van der Waals surface area contributed by atoms with Gasteiger partial charge in [0, 0.05) is 11.1 Å². The molecule has 5 nitrogen and oxygen atoms in total. The van der Waals surface area contributed by atoms with E-state index < -0.39 is 0 Å². The van der Waals surface area contributed by atoms with Crippen LogP contribution in [0.5, 0.6) is 0 Å². The van der Waals surface area contributed by atoms with Crippen molar-refractivity contribution in [2.24, 2.45) is 0 Å². The second-order valence-electron chi connectivity index (χ2n) is 6.46. The highest BCUT2D eigenvalue weighted by molar-refractivity contribution is 7.80. The van der Waals surface area contributed by atoms with E-state index in [9.17, 15) is 4.79 Å². The van der Waals surface area contributed by atoms with Crippen molar-refractivity contribution in [2.75, 3.05) is 5.32 Å². The fourth-order valence-corrected chi connectivity index (χ4v) is 3.23. The molecule has 0 aliphatic carbocycles. The van der Waals surface area contributed by atoms with Gasteiger partial charge < -0.3 is 9.73 Å². The summed E-state index contributed by atoms with van der Waals surface area (Å²) >= 11 is 11.6. The highest BCUT2D eigenvalue weighted by Gasteiger charge is 2.13. The molecule has 1 heterocycles. The van der Waals surface area contributed by atoms with Crippen LogP contribution in [0.15, 0.2) is 71.1 Å². The zero-order valence-electron chi connectivity index (χ0n) is 15.4. The fraction of sp³-hybridized carbons (Fsp3) is 0.0455. The summed E-state index contributed by atoms with van der Waals surface area (Å²) in [6, 6.07) is 20.1. The van der Waals surface area contributed by atoms with Gasteiger partial charge in [-0.3, -0.25) is 10.1 Å². The monoisotopic (exact) mass is 421 g/mol. The third-order valence-corrected chi connectivity index (χ3v) is 4.80. The number of carbonyl (C=O) groups excluding carboxylic acids is 1. The Bertz CT molecular complexity index is 1200. The summed E-state index contributed by atoms with van der Waals surface area (Å²) in [6.07, 6.45) is 0. The lowest BCUT2D eigenvalue weighted by molar-refractivity contribution is 0.0977. The molecule has 4 rings (SSSR count). The molecule has 2 N–H and O–H groups in total. The Kier molecular flexibility index (Phi) is 5.29. The van der Waals surface area contributed by atoms with Crippen LogP contribution in [0.4, 0.5) is 5.69 Å². The first-order valence-corrected chi connectivity index (χ1v) is 9.63. The number of nitrogens with one attached hydrogen (secondary N) is 2. The zero-order chi connectivity index (χ0) is 20.4. The van der Waals surface area contributed by atoms with Gasteiger partial charge in [-0.15, -0.1) is 0 Å². The predicted octanol–water partition coefficient (Wildman–Crippen LogP) is 5.58. The van der Waals surface area contributed by atoms with Crippen LogP contribution >= 0.6 is 23.8 Å². The molecule has 4 aromatic rings. The second-order valence-corrected chi connectivity index (χ2v) is 7.27. The van der Waals surface area contributed by atoms with E-state index in [0.717, 1.165) is 16.6 Å². The maximum atomic E-state index is 12.4. The molecule has 0 saturated heterocycles. The highest BCUT2D eigenvalue weighted by atomic mass is 35.5. The number of rotatable bonds is 3. The number of thiocarbonyl (C=S) groups is 1. The Balaban J connectivity index is 1.53. The number of halogens is 1. The third-order valence-electron chi connectivity index (χ3n) is 4.26. The average molecular weight is 422 g/mol. The topological polar surface area (TPSA) is 67.2 Å². The number of hydrogen-bond donors (Lipinski definition) is 2. The first kappa shape index (κ1) is 19.1. The van der Waals surface area contributed by atoms with Gasteiger partial charge in [0.2, 0.25) is 5.89 Å². The van der Waals surface area contributed by atoms with Gasteiger partial charge >= 0.3 is 0 Å². The molecule has 0 fully saturated rings. The molecule has 0 aliphatic rings. The Morgan fingerprint density at radius 2 is 1.90 bits per heavy atom. The summed E-state index contributed by atoms with van der Waals surface area (Å²) in [5, 5.41) is 6.23. The van der Waals surface area contributed by atoms with Crippen molar-refractivity contribution >= 4 is 51.6 Å². The van der Waals surface area contributed by atoms with Crippen molar-refractivity contribution in [1.82, 2.24) is 10.3 Å². The number of amides is 1. The number of hydrogen-bond acceptors (Lipinski definition) is 4. The molecule has 0 atom stereocenters. The molecule has 0 unspecified atom stereocenters. The molecule has 0 radical (unpaired) electrons. The van der Waals surface area contributed by atoms with Crippen LogP contribution in [0.3, 0.4) is 0 Å². The van der Waals surface area contributed by atoms with Crippen molar-refractivity contribution in [1.29, 1.82) is 0 Å². The maximum absolute atomic E-state index is 12.4. The molecule has 29 heavy (non-hydrogen) atoms. The fourth-order valence-electron chi connectivity index (χ4n) is 2.86. The maximum Gasteiger partial charge on any atom is 0.257 e. The van der Waals surface area contributed by atoms with E-state index >= 15 is 0 Å². The Morgan fingerprint density at radius 1 is 1.07 bits per heavy atom. The molecule has 0 spiro atoms. The molecule has 144 valence electrons. The molecule has 1 aromatic heterocycles. The summed E-state index contributed by atoms with van der Waals surface area (Å²) in [5.74, 6) is 0.179. The van der Waals surface area contributed by atoms with Gasteiger partial charge in [0.05, 0.1) is 10.7 Å². The Morgan fingerprint density at radius 3 is 2.69 bits per heavy atom. The first-order chi connectivity index (χ1) is 14.0. The number of aryl methyl sites for hydroxylation is 1. The SMILES string of the molecule is Cc1cccc(C(=O)NC(=S)Nc2cc(-c3nc4ccccc4o3)ccc2Cl)c1. The van der Waals surface area contributed by atoms with Crippen LogP contribution in [0.1, 0.15) is 15.9 Å². The molecule has 1 amide bonds. The standard InChI is InChI=1S/C22H16ClN3O2S/c1-13-5-4-6-14(11-13)20(27)26-22(29)25-18-12-15(9-10-16(18)23)21-24-17-7-2-3-8-19(17)28-21/h2-12H,1H3,(H2,25,26,27,29). The summed E-state index contributed by atoms with van der Waals surface area (Å²) in [6.45, 7) is 1.92. The van der Waals surface area contributed by atoms with Crippen LogP contribution in [-0.2, 0) is 0 Å². The molecular formula is C22H16ClN3O2S. The summed E-state index contributed by atoms with van der Waals surface area (Å²) in [7, 11) is 0. The zero-order valence-corrected chi connectivity index (χ0v) is 17.0. The molecule has 0 bridgehead atoms. The van der Waals surface area contributed by atoms with Gasteiger partial charge in [-0.05, 0) is 61.6 Å². The van der Waals surface area contributed by atoms with Crippen LogP contribution in [-0.4, -0.2) is 16.0 Å². The summed E-state index contributed by atoms with van der Waals surface area (Å²) < 4.78 is 5.80. The van der Waals surface area contributed by atoms with Gasteiger partial charge in [0.1, 0.15) is 5.52 Å². The van der Waals surface area contributed by atoms with Crippen LogP contribution in [0, 0.1) is 6.92 Å². The van der Waals surface area contributed by atoms with Crippen molar-refractivity contribution in [3.63, 3.8) is 0 Å². The van der Waals surface area contributed by atoms with E-state index in [0.29, 0.717) is 27.7 Å². The van der Waals surface area contributed by atoms with E-state index in [1.165, 1.54) is 0 Å². The average Bonchev–Trinajstić information content (AvgIpc) is 3.14. The molecule has 3 aromatic carbocycles. The van der Waals surface area contributed by atoms with E-state index in [-0.39, 0.29) is 11.0 Å². The Labute approximate surface area is 177 Å². The summed E-state index contributed by atoms with van der Waals surface area (Å²) in [5.41, 5.74) is 4.27. The number of fused-ring (bicyclic) bond motifs is 1. The lowest BCUT2D eigenvalue weighted by atomic mass is 10.1. The molecule has 0 aliphatic heterocycles. The molecular weight excluding hydrogens is 406 g/mol. The van der Waals surface area contributed by atoms with E-state index in [2.05, 4.69) is 15.6 Å². The van der Waals surface area contributed by atoms with Crippen molar-refractivity contribution in [3.05, 3.63) is 82.9 Å². The van der Waals surface area contributed by atoms with Crippen LogP contribution in [0.25, 0.3) is 22.6 Å². The van der Waals surface area contributed by atoms with E-state index in [1.807, 2.05) is 49.4 Å². The van der Waals surface area contributed by atoms with E-state index in [4.69, 9.17) is 28.2 Å². The third kappa shape index (κ3) is 4.29. The molecule has 7 heteroatoms. The summed E-state index contributed by atoms with van der Waals surface area (Å²) in [4.78, 5) is 16.9. The van der Waals surface area contributed by atoms with Gasteiger partial charge in [0.15, 0.2) is 10.7 Å². The minimum atomic E-state index is -0.294. The van der Waals surface area contributed by atoms with Gasteiger partial charge in [-0.25, -0.2) is 4.98 Å². The van der Waals surface area contributed by atoms with Gasteiger partial charge in [-0.1, -0.05) is 41.4 Å². The van der Waals surface area contributed by atoms with Crippen LogP contribution < -0.4 is 10.6 Å². The van der Waals surface area contributed by atoms with Gasteiger partial charge in [-0.2, -0.15) is 0 Å².